The number of esters is 1. The fraction of sp³-hybridized carbons (Fsp3) is 0.316. The second-order valence-corrected chi connectivity index (χ2v) is 5.94. The molecule has 0 amide bonds. The second kappa shape index (κ2) is 7.31. The molecule has 0 aliphatic carbocycles. The highest BCUT2D eigenvalue weighted by Crippen LogP contribution is 2.41. The van der Waals surface area contributed by atoms with Crippen LogP contribution in [0.15, 0.2) is 34.9 Å². The zero-order valence-corrected chi connectivity index (χ0v) is 15.0. The van der Waals surface area contributed by atoms with Crippen LogP contribution in [0.1, 0.15) is 46.8 Å². The van der Waals surface area contributed by atoms with Gasteiger partial charge in [0.2, 0.25) is 5.88 Å². The molecule has 1 aliphatic rings. The molecule has 1 aliphatic heterocycles. The number of carbonyl (C=O) groups excluding carboxylic acids is 1. The summed E-state index contributed by atoms with van der Waals surface area (Å²) >= 11 is 0. The van der Waals surface area contributed by atoms with Gasteiger partial charge in [-0.3, -0.25) is 0 Å². The summed E-state index contributed by atoms with van der Waals surface area (Å²) in [5.74, 6) is -2.47. The Labute approximate surface area is 151 Å². The Morgan fingerprint density at radius 2 is 1.96 bits per heavy atom. The number of hydrogen-bond acceptors (Lipinski definition) is 6. The van der Waals surface area contributed by atoms with Crippen LogP contribution in [-0.2, 0) is 14.3 Å². The molecule has 0 saturated carbocycles. The number of carboxylic acid groups (broad SMARTS) is 1. The first-order chi connectivity index (χ1) is 12.2. The lowest BCUT2D eigenvalue weighted by atomic mass is 9.80. The molecule has 3 N–H and O–H groups in total. The molecule has 1 aromatic carbocycles. The Balaban J connectivity index is 2.78. The Morgan fingerprint density at radius 3 is 2.50 bits per heavy atom. The number of carboxylic acids is 1. The molecular weight excluding hydrogens is 336 g/mol. The maximum absolute atomic E-state index is 12.5. The summed E-state index contributed by atoms with van der Waals surface area (Å²) in [4.78, 5) is 24.0. The lowest BCUT2D eigenvalue weighted by Gasteiger charge is -2.28. The van der Waals surface area contributed by atoms with E-state index in [1.54, 1.807) is 33.8 Å². The van der Waals surface area contributed by atoms with E-state index in [0.29, 0.717) is 11.1 Å². The number of benzene rings is 1. The van der Waals surface area contributed by atoms with Gasteiger partial charge in [0, 0.05) is 0 Å². The SMILES string of the molecule is CCOC(=O)C1=C(C)OC(N)=C(C#N)C1c1cc(C(=O)O)c(C)cc1C. The van der Waals surface area contributed by atoms with E-state index in [1.165, 1.54) is 6.07 Å². The molecule has 0 spiro atoms. The molecule has 0 fully saturated rings. The summed E-state index contributed by atoms with van der Waals surface area (Å²) in [7, 11) is 0. The fourth-order valence-electron chi connectivity index (χ4n) is 3.08. The number of aryl methyl sites for hydroxylation is 2. The summed E-state index contributed by atoms with van der Waals surface area (Å²) in [6, 6.07) is 5.16. The minimum Gasteiger partial charge on any atom is -0.478 e. The van der Waals surface area contributed by atoms with Crippen molar-refractivity contribution in [2.75, 3.05) is 6.61 Å². The van der Waals surface area contributed by atoms with E-state index in [-0.39, 0.29) is 35.0 Å². The maximum Gasteiger partial charge on any atom is 0.338 e. The normalized spacial score (nSPS) is 16.8. The molecule has 26 heavy (non-hydrogen) atoms. The van der Waals surface area contributed by atoms with Gasteiger partial charge in [0.1, 0.15) is 17.4 Å². The molecule has 0 saturated heterocycles. The predicted octanol–water partition coefficient (Wildman–Crippen LogP) is 2.65. The van der Waals surface area contributed by atoms with Crippen molar-refractivity contribution in [1.29, 1.82) is 5.26 Å². The summed E-state index contributed by atoms with van der Waals surface area (Å²) in [5.41, 5.74) is 7.94. The number of ether oxygens (including phenoxy) is 2. The van der Waals surface area contributed by atoms with E-state index in [2.05, 4.69) is 0 Å². The average molecular weight is 356 g/mol. The first-order valence-electron chi connectivity index (χ1n) is 8.02. The van der Waals surface area contributed by atoms with E-state index in [1.807, 2.05) is 6.07 Å². The molecule has 0 aromatic heterocycles. The highest BCUT2D eigenvalue weighted by molar-refractivity contribution is 5.94. The highest BCUT2D eigenvalue weighted by atomic mass is 16.5. The average Bonchev–Trinajstić information content (AvgIpc) is 2.54. The van der Waals surface area contributed by atoms with Crippen LogP contribution in [0.25, 0.3) is 0 Å². The van der Waals surface area contributed by atoms with E-state index in [0.717, 1.165) is 5.56 Å². The van der Waals surface area contributed by atoms with Gasteiger partial charge in [0.15, 0.2) is 0 Å². The number of nitrogens with two attached hydrogens (primary N) is 1. The standard InChI is InChI=1S/C19H20N2O5/c1-5-25-19(24)15-11(4)26-17(21)14(8-20)16(15)12-7-13(18(22)23)10(3)6-9(12)2/h6-7,16H,5,21H2,1-4H3,(H,22,23). The van der Waals surface area contributed by atoms with Crippen LogP contribution >= 0.6 is 0 Å². The Kier molecular flexibility index (Phi) is 5.36. The number of nitrogens with zero attached hydrogens (tertiary/aromatic N) is 1. The molecule has 2 rings (SSSR count). The van der Waals surface area contributed by atoms with Gasteiger partial charge in [0.05, 0.1) is 23.7 Å². The highest BCUT2D eigenvalue weighted by Gasteiger charge is 2.37. The number of allylic oxidation sites excluding steroid dienone is 2. The number of rotatable bonds is 4. The van der Waals surface area contributed by atoms with Crippen molar-refractivity contribution < 1.29 is 24.2 Å². The monoisotopic (exact) mass is 356 g/mol. The molecule has 1 aromatic rings. The molecule has 1 heterocycles. The van der Waals surface area contributed by atoms with E-state index < -0.39 is 17.9 Å². The van der Waals surface area contributed by atoms with E-state index >= 15 is 0 Å². The predicted molar refractivity (Wildman–Crippen MR) is 92.9 cm³/mol. The van der Waals surface area contributed by atoms with Crippen LogP contribution in [0, 0.1) is 25.2 Å². The molecule has 7 heteroatoms. The number of aromatic carboxylic acids is 1. The van der Waals surface area contributed by atoms with Crippen LogP contribution < -0.4 is 5.73 Å². The molecule has 0 radical (unpaired) electrons. The third-order valence-corrected chi connectivity index (χ3v) is 4.26. The number of hydrogen-bond donors (Lipinski definition) is 2. The molecule has 136 valence electrons. The van der Waals surface area contributed by atoms with Crippen LogP contribution in [-0.4, -0.2) is 23.7 Å². The van der Waals surface area contributed by atoms with Crippen LogP contribution in [0.5, 0.6) is 0 Å². The van der Waals surface area contributed by atoms with Crippen molar-refractivity contribution in [3.05, 3.63) is 57.2 Å². The minimum absolute atomic E-state index is 0.0435. The molecule has 7 nitrogen and oxygen atoms in total. The molecule has 1 unspecified atom stereocenters. The van der Waals surface area contributed by atoms with E-state index in [4.69, 9.17) is 15.2 Å². The third kappa shape index (κ3) is 3.26. The van der Waals surface area contributed by atoms with Crippen LogP contribution in [0.2, 0.25) is 0 Å². The lowest BCUT2D eigenvalue weighted by molar-refractivity contribution is -0.139. The van der Waals surface area contributed by atoms with Gasteiger partial charge >= 0.3 is 11.9 Å². The summed E-state index contributed by atoms with van der Waals surface area (Å²) in [6.45, 7) is 6.85. The molecule has 1 atom stereocenters. The lowest BCUT2D eigenvalue weighted by Crippen LogP contribution is -2.26. The summed E-state index contributed by atoms with van der Waals surface area (Å²) in [6.07, 6.45) is 0. The van der Waals surface area contributed by atoms with Crippen molar-refractivity contribution in [3.8, 4) is 6.07 Å². The van der Waals surface area contributed by atoms with Gasteiger partial charge < -0.3 is 20.3 Å². The largest absolute Gasteiger partial charge is 0.478 e. The Morgan fingerprint density at radius 1 is 1.31 bits per heavy atom. The van der Waals surface area contributed by atoms with Gasteiger partial charge in [-0.05, 0) is 50.5 Å². The van der Waals surface area contributed by atoms with Gasteiger partial charge in [-0.1, -0.05) is 6.07 Å². The first-order valence-corrected chi connectivity index (χ1v) is 8.02. The van der Waals surface area contributed by atoms with Gasteiger partial charge in [0.25, 0.3) is 0 Å². The Hall–Kier alpha value is -3.27. The van der Waals surface area contributed by atoms with Gasteiger partial charge in [-0.15, -0.1) is 0 Å². The van der Waals surface area contributed by atoms with Crippen LogP contribution in [0.4, 0.5) is 0 Å². The van der Waals surface area contributed by atoms with Crippen molar-refractivity contribution in [3.63, 3.8) is 0 Å². The van der Waals surface area contributed by atoms with Crippen molar-refractivity contribution in [1.82, 2.24) is 0 Å². The quantitative estimate of drug-likeness (QED) is 0.795. The van der Waals surface area contributed by atoms with Gasteiger partial charge in [-0.2, -0.15) is 5.26 Å². The summed E-state index contributed by atoms with van der Waals surface area (Å²) in [5, 5.41) is 19.0. The maximum atomic E-state index is 12.5. The third-order valence-electron chi connectivity index (χ3n) is 4.26. The second-order valence-electron chi connectivity index (χ2n) is 5.94. The zero-order chi connectivity index (χ0) is 19.6. The summed E-state index contributed by atoms with van der Waals surface area (Å²) < 4.78 is 10.5. The van der Waals surface area contributed by atoms with Gasteiger partial charge in [-0.25, -0.2) is 9.59 Å². The topological polar surface area (TPSA) is 123 Å². The van der Waals surface area contributed by atoms with Crippen LogP contribution in [0.3, 0.4) is 0 Å². The zero-order valence-electron chi connectivity index (χ0n) is 15.0. The van der Waals surface area contributed by atoms with Crippen molar-refractivity contribution >= 4 is 11.9 Å². The van der Waals surface area contributed by atoms with Crippen molar-refractivity contribution in [2.24, 2.45) is 5.73 Å². The number of carbonyl (C=O) groups is 2. The molecular formula is C19H20N2O5. The fourth-order valence-corrected chi connectivity index (χ4v) is 3.08. The smallest absolute Gasteiger partial charge is 0.338 e. The minimum atomic E-state index is -1.09. The Bertz CT molecular complexity index is 890. The van der Waals surface area contributed by atoms with Crippen molar-refractivity contribution in [2.45, 2.75) is 33.6 Å². The molecule has 0 bridgehead atoms. The number of nitriles is 1. The van der Waals surface area contributed by atoms with E-state index in [9.17, 15) is 20.0 Å². The first kappa shape index (κ1) is 19.1.